The molecule has 1 aromatic carbocycles. The van der Waals surface area contributed by atoms with Crippen LogP contribution in [0.2, 0.25) is 18.1 Å². The summed E-state index contributed by atoms with van der Waals surface area (Å²) in [6.45, 7) is 7.15. The van der Waals surface area contributed by atoms with Crippen molar-refractivity contribution in [3.8, 4) is 0 Å². The van der Waals surface area contributed by atoms with E-state index in [1.165, 1.54) is 0 Å². The highest BCUT2D eigenvalue weighted by atomic mass is 28.4. The molecule has 0 N–H and O–H groups in total. The summed E-state index contributed by atoms with van der Waals surface area (Å²) in [5.41, 5.74) is 0.547. The van der Waals surface area contributed by atoms with Crippen molar-refractivity contribution >= 4 is 20.3 Å². The summed E-state index contributed by atoms with van der Waals surface area (Å²) in [5.74, 6) is -0.358. The second-order valence-corrected chi connectivity index (χ2v) is 12.4. The molecule has 1 aromatic rings. The van der Waals surface area contributed by atoms with Crippen molar-refractivity contribution in [1.29, 1.82) is 0 Å². The Labute approximate surface area is 162 Å². The Bertz CT molecular complexity index is 650. The molecule has 4 atom stereocenters. The summed E-state index contributed by atoms with van der Waals surface area (Å²) in [4.78, 5) is 24.3. The van der Waals surface area contributed by atoms with Gasteiger partial charge in [0.05, 0.1) is 12.0 Å². The van der Waals surface area contributed by atoms with Gasteiger partial charge in [-0.1, -0.05) is 39.0 Å². The molecule has 0 bridgehead atoms. The van der Waals surface area contributed by atoms with Crippen LogP contribution in [0.3, 0.4) is 0 Å². The normalized spacial score (nSPS) is 27.3. The maximum Gasteiger partial charge on any atom is 0.338 e. The molecule has 1 aliphatic carbocycles. The lowest BCUT2D eigenvalue weighted by atomic mass is 9.93. The lowest BCUT2D eigenvalue weighted by Gasteiger charge is -2.32. The highest BCUT2D eigenvalue weighted by Crippen LogP contribution is 2.43. The molecule has 148 valence electrons. The van der Waals surface area contributed by atoms with Gasteiger partial charge < -0.3 is 13.9 Å². The maximum atomic E-state index is 12.5. The van der Waals surface area contributed by atoms with E-state index in [2.05, 4.69) is 20.8 Å². The van der Waals surface area contributed by atoms with E-state index in [1.54, 1.807) is 12.1 Å². The molecule has 5 nitrogen and oxygen atoms in total. The third-order valence-electron chi connectivity index (χ3n) is 6.44. The number of hydrogen-bond acceptors (Lipinski definition) is 5. The van der Waals surface area contributed by atoms with Crippen LogP contribution in [0.1, 0.15) is 44.0 Å². The first kappa shape index (κ1) is 20.1. The van der Waals surface area contributed by atoms with Gasteiger partial charge in [0.25, 0.3) is 0 Å². The van der Waals surface area contributed by atoms with Crippen LogP contribution in [0.5, 0.6) is 0 Å². The van der Waals surface area contributed by atoms with Crippen molar-refractivity contribution in [2.24, 2.45) is 11.8 Å². The molecule has 2 aliphatic rings. The van der Waals surface area contributed by atoms with Crippen LogP contribution in [-0.4, -0.2) is 39.1 Å². The number of rotatable bonds is 8. The predicted molar refractivity (Wildman–Crippen MR) is 105 cm³/mol. The van der Waals surface area contributed by atoms with E-state index in [0.717, 1.165) is 18.1 Å². The van der Waals surface area contributed by atoms with Crippen molar-refractivity contribution in [1.82, 2.24) is 0 Å². The molecule has 0 unspecified atom stereocenters. The van der Waals surface area contributed by atoms with Crippen molar-refractivity contribution in [3.63, 3.8) is 0 Å². The minimum absolute atomic E-state index is 0.0191. The molecule has 2 fully saturated rings. The number of benzene rings is 1. The molecular weight excluding hydrogens is 360 g/mol. The largest absolute Gasteiger partial charge is 0.462 e. The lowest BCUT2D eigenvalue weighted by molar-refractivity contribution is -0.141. The summed E-state index contributed by atoms with van der Waals surface area (Å²) in [5, 5.41) is 0. The van der Waals surface area contributed by atoms with Crippen molar-refractivity contribution < 1.29 is 23.5 Å². The van der Waals surface area contributed by atoms with Gasteiger partial charge in [-0.05, 0) is 30.3 Å². The van der Waals surface area contributed by atoms with Crippen molar-refractivity contribution in [2.75, 3.05) is 6.61 Å². The first-order valence-electron chi connectivity index (χ1n) is 10.1. The van der Waals surface area contributed by atoms with E-state index in [0.29, 0.717) is 25.0 Å². The minimum Gasteiger partial charge on any atom is -0.462 e. The molecule has 0 aromatic heterocycles. The zero-order chi connectivity index (χ0) is 19.4. The predicted octanol–water partition coefficient (Wildman–Crippen LogP) is 4.19. The van der Waals surface area contributed by atoms with Gasteiger partial charge in [-0.3, -0.25) is 4.79 Å². The number of hydrogen-bond donors (Lipinski definition) is 0. The topological polar surface area (TPSA) is 61.8 Å². The Hall–Kier alpha value is -1.66. The average Bonchev–Trinajstić information content (AvgIpc) is 3.20. The lowest BCUT2D eigenvalue weighted by Crippen LogP contribution is -2.40. The first-order valence-corrected chi connectivity index (χ1v) is 12.6. The number of carbonyl (C=O) groups is 2. The van der Waals surface area contributed by atoms with Crippen molar-refractivity contribution in [3.05, 3.63) is 35.9 Å². The van der Waals surface area contributed by atoms with Gasteiger partial charge in [-0.2, -0.15) is 0 Å². The molecule has 1 saturated heterocycles. The van der Waals surface area contributed by atoms with Gasteiger partial charge in [0.1, 0.15) is 12.2 Å². The van der Waals surface area contributed by atoms with Crippen molar-refractivity contribution in [2.45, 2.75) is 64.0 Å². The second kappa shape index (κ2) is 8.57. The zero-order valence-electron chi connectivity index (χ0n) is 16.5. The van der Waals surface area contributed by atoms with E-state index >= 15 is 0 Å². The maximum absolute atomic E-state index is 12.5. The van der Waals surface area contributed by atoms with Gasteiger partial charge in [-0.15, -0.1) is 0 Å². The summed E-state index contributed by atoms with van der Waals surface area (Å²) in [7, 11) is -1.75. The Morgan fingerprint density at radius 3 is 2.44 bits per heavy atom. The van der Waals surface area contributed by atoms with E-state index < -0.39 is 8.32 Å². The summed E-state index contributed by atoms with van der Waals surface area (Å²) in [6, 6.07) is 12.3. The number of ether oxygens (including phenoxy) is 2. The van der Waals surface area contributed by atoms with E-state index in [-0.39, 0.29) is 36.0 Å². The standard InChI is InChI=1S/C21H30O5Si/c1-4-27(5-2,6-3)24-14-17-16-12-20(22)25-18(16)13-19(17)26-21(23)15-10-8-7-9-11-15/h7-11,16-19H,4-6,12-14H2,1-3H3/t16-,17-,18+,19-/m1/s1. The van der Waals surface area contributed by atoms with E-state index in [4.69, 9.17) is 13.9 Å². The monoisotopic (exact) mass is 390 g/mol. The molecule has 6 heteroatoms. The molecule has 1 heterocycles. The Balaban J connectivity index is 1.72. The highest BCUT2D eigenvalue weighted by molar-refractivity contribution is 6.73. The van der Waals surface area contributed by atoms with E-state index in [9.17, 15) is 9.59 Å². The first-order chi connectivity index (χ1) is 13.0. The van der Waals surface area contributed by atoms with Gasteiger partial charge in [0.15, 0.2) is 8.32 Å². The fraction of sp³-hybridized carbons (Fsp3) is 0.619. The molecule has 0 spiro atoms. The smallest absolute Gasteiger partial charge is 0.338 e. The molecule has 1 aliphatic heterocycles. The van der Waals surface area contributed by atoms with Crippen LogP contribution >= 0.6 is 0 Å². The van der Waals surface area contributed by atoms with Crippen LogP contribution in [0.15, 0.2) is 30.3 Å². The zero-order valence-corrected chi connectivity index (χ0v) is 17.5. The Morgan fingerprint density at radius 1 is 1.15 bits per heavy atom. The van der Waals surface area contributed by atoms with Crippen LogP contribution < -0.4 is 0 Å². The SMILES string of the molecule is CC[Si](CC)(CC)OC[C@@H]1[C@H]2CC(=O)O[C@H]2C[C@H]1OC(=O)c1ccccc1. The highest BCUT2D eigenvalue weighted by Gasteiger charge is 2.52. The molecule has 3 rings (SSSR count). The third kappa shape index (κ3) is 4.27. The van der Waals surface area contributed by atoms with Crippen LogP contribution in [0, 0.1) is 11.8 Å². The molecular formula is C21H30O5Si. The van der Waals surface area contributed by atoms with Crippen LogP contribution in [-0.2, 0) is 18.7 Å². The number of fused-ring (bicyclic) bond motifs is 1. The fourth-order valence-corrected chi connectivity index (χ4v) is 7.09. The molecule has 0 radical (unpaired) electrons. The quantitative estimate of drug-likeness (QED) is 0.492. The summed E-state index contributed by atoms with van der Waals surface area (Å²) < 4.78 is 17.8. The van der Waals surface area contributed by atoms with Gasteiger partial charge in [-0.25, -0.2) is 4.79 Å². The Morgan fingerprint density at radius 2 is 1.81 bits per heavy atom. The fourth-order valence-electron chi connectivity index (χ4n) is 4.43. The second-order valence-electron chi connectivity index (χ2n) is 7.66. The van der Waals surface area contributed by atoms with Crippen LogP contribution in [0.25, 0.3) is 0 Å². The molecule has 0 amide bonds. The van der Waals surface area contributed by atoms with Gasteiger partial charge in [0, 0.05) is 24.9 Å². The molecule has 1 saturated carbocycles. The number of esters is 2. The van der Waals surface area contributed by atoms with E-state index in [1.807, 2.05) is 18.2 Å². The van der Waals surface area contributed by atoms with Crippen LogP contribution in [0.4, 0.5) is 0 Å². The summed E-state index contributed by atoms with van der Waals surface area (Å²) in [6.07, 6.45) is 0.553. The summed E-state index contributed by atoms with van der Waals surface area (Å²) >= 11 is 0. The average molecular weight is 391 g/mol. The molecule has 27 heavy (non-hydrogen) atoms. The Kier molecular flexibility index (Phi) is 6.37. The third-order valence-corrected chi connectivity index (χ3v) is 11.1. The minimum atomic E-state index is -1.75. The van der Waals surface area contributed by atoms with Gasteiger partial charge >= 0.3 is 11.9 Å². The van der Waals surface area contributed by atoms with Gasteiger partial charge in [0.2, 0.25) is 0 Å². The number of carbonyl (C=O) groups excluding carboxylic acids is 2.